The number of aryl methyl sites for hydroxylation is 3. The van der Waals surface area contributed by atoms with Gasteiger partial charge in [0.25, 0.3) is 0 Å². The van der Waals surface area contributed by atoms with Crippen molar-refractivity contribution in [2.75, 3.05) is 19.6 Å². The Morgan fingerprint density at radius 2 is 1.70 bits per heavy atom. The van der Waals surface area contributed by atoms with Gasteiger partial charge in [0.15, 0.2) is 5.96 Å². The second kappa shape index (κ2) is 20.8. The molecule has 0 fully saturated rings. The highest BCUT2D eigenvalue weighted by atomic mass is 19.1. The van der Waals surface area contributed by atoms with Crippen LogP contribution in [-0.2, 0) is 13.0 Å². The van der Waals surface area contributed by atoms with Crippen molar-refractivity contribution < 1.29 is 8.78 Å². The first-order valence-electron chi connectivity index (χ1n) is 15.3. The third-order valence-electron chi connectivity index (χ3n) is 6.22. The molecule has 0 atom stereocenters. The standard InChI is InChI=1S/C18H22FN7O.C11H16FN.2C2H6/c1-11-7-13-10-26(18(27)25-16(13)24-11)14-4-3-12(15(19)8-14)9-22-5-2-6-23-17(20)21;1-9-8-10(4-2-3-7-13)5-6-11(9)12;2*1-2/h3-4,7-8,10,22H,2,5-6,9H2,1H3,(H4,20,21,23)(H,24,25,27);5-6,8H,2-4,7,13H2,1H3;2*1-2H3. The predicted octanol–water partition coefficient (Wildman–Crippen LogP) is 5.38. The number of hydrogen-bond donors (Lipinski definition) is 5. The number of aliphatic imine (C=N–C) groups is 1. The molecule has 44 heavy (non-hydrogen) atoms. The number of guanidine groups is 1. The minimum Gasteiger partial charge on any atom is -0.370 e. The van der Waals surface area contributed by atoms with Gasteiger partial charge in [-0.05, 0) is 88.0 Å². The van der Waals surface area contributed by atoms with Crippen LogP contribution in [0.1, 0.15) is 69.3 Å². The minimum atomic E-state index is -0.464. The monoisotopic (exact) mass is 612 g/mol. The molecule has 2 aromatic carbocycles. The number of nitrogens with one attached hydrogen (secondary N) is 2. The van der Waals surface area contributed by atoms with E-state index in [1.54, 1.807) is 25.3 Å². The maximum Gasteiger partial charge on any atom is 0.354 e. The van der Waals surface area contributed by atoms with Crippen molar-refractivity contribution in [2.45, 2.75) is 73.8 Å². The highest BCUT2D eigenvalue weighted by Gasteiger charge is 2.09. The van der Waals surface area contributed by atoms with E-state index in [9.17, 15) is 13.6 Å². The van der Waals surface area contributed by atoms with Crippen LogP contribution in [0.4, 0.5) is 8.78 Å². The Hall–Kier alpha value is -4.09. The number of hydrogen-bond acceptors (Lipinski definition) is 5. The number of halogens is 2. The van der Waals surface area contributed by atoms with Crippen LogP contribution in [-0.4, -0.2) is 40.1 Å². The Balaban J connectivity index is 0.000000478. The fraction of sp³-hybridized carbons (Fsp3) is 0.424. The Kier molecular flexibility index (Phi) is 17.9. The highest BCUT2D eigenvalue weighted by molar-refractivity contribution is 5.76. The lowest BCUT2D eigenvalue weighted by atomic mass is 10.1. The van der Waals surface area contributed by atoms with E-state index in [0.717, 1.165) is 48.9 Å². The molecule has 0 spiro atoms. The van der Waals surface area contributed by atoms with Gasteiger partial charge in [-0.2, -0.15) is 4.98 Å². The summed E-state index contributed by atoms with van der Waals surface area (Å²) in [5, 5.41) is 3.93. The maximum absolute atomic E-state index is 14.4. The molecule has 2 heterocycles. The lowest BCUT2D eigenvalue weighted by Gasteiger charge is -2.09. The SMILES string of the molecule is CC.CC.Cc1cc(CCCCN)ccc1F.Cc1cc2cn(-c3ccc(CNCCCN=C(N)N)c(F)c3)c(=O)nc2[nH]1. The molecule has 4 rings (SSSR count). The predicted molar refractivity (Wildman–Crippen MR) is 179 cm³/mol. The van der Waals surface area contributed by atoms with Gasteiger partial charge in [-0.15, -0.1) is 0 Å². The van der Waals surface area contributed by atoms with Crippen LogP contribution >= 0.6 is 0 Å². The Labute approximate surface area is 260 Å². The summed E-state index contributed by atoms with van der Waals surface area (Å²) in [4.78, 5) is 23.1. The summed E-state index contributed by atoms with van der Waals surface area (Å²) in [7, 11) is 0. The fourth-order valence-corrected chi connectivity index (χ4v) is 4.12. The number of fused-ring (bicyclic) bond motifs is 1. The molecular formula is C33H50F2N8O. The number of H-pyrrole nitrogens is 1. The summed E-state index contributed by atoms with van der Waals surface area (Å²) >= 11 is 0. The van der Waals surface area contributed by atoms with Crippen LogP contribution in [0.15, 0.2) is 58.4 Å². The number of rotatable bonds is 11. The van der Waals surface area contributed by atoms with Gasteiger partial charge in [-0.25, -0.2) is 13.6 Å². The number of aromatic nitrogens is 3. The van der Waals surface area contributed by atoms with Crippen molar-refractivity contribution in [3.05, 3.63) is 93.2 Å². The summed E-state index contributed by atoms with van der Waals surface area (Å²) in [6.45, 7) is 14.0. The number of benzene rings is 2. The average molecular weight is 613 g/mol. The number of aromatic amines is 1. The van der Waals surface area contributed by atoms with Crippen LogP contribution in [0.3, 0.4) is 0 Å². The van der Waals surface area contributed by atoms with Crippen molar-refractivity contribution in [1.82, 2.24) is 19.9 Å². The Morgan fingerprint density at radius 3 is 2.34 bits per heavy atom. The summed E-state index contributed by atoms with van der Waals surface area (Å²) in [5.74, 6) is -0.446. The number of nitrogens with two attached hydrogens (primary N) is 3. The van der Waals surface area contributed by atoms with Gasteiger partial charge in [-0.1, -0.05) is 45.9 Å². The second-order valence-corrected chi connectivity index (χ2v) is 9.59. The van der Waals surface area contributed by atoms with Crippen molar-refractivity contribution >= 4 is 17.0 Å². The van der Waals surface area contributed by atoms with E-state index >= 15 is 0 Å². The van der Waals surface area contributed by atoms with Crippen LogP contribution < -0.4 is 28.2 Å². The first-order valence-corrected chi connectivity index (χ1v) is 15.3. The van der Waals surface area contributed by atoms with Gasteiger partial charge >= 0.3 is 5.69 Å². The molecule has 0 saturated heterocycles. The van der Waals surface area contributed by atoms with E-state index in [4.69, 9.17) is 17.2 Å². The summed E-state index contributed by atoms with van der Waals surface area (Å²) in [6, 6.07) is 11.9. The Bertz CT molecular complexity index is 1490. The maximum atomic E-state index is 14.4. The van der Waals surface area contributed by atoms with Gasteiger partial charge in [0.1, 0.15) is 17.3 Å². The summed E-state index contributed by atoms with van der Waals surface area (Å²) in [5.41, 5.74) is 19.7. The van der Waals surface area contributed by atoms with E-state index in [1.807, 2.05) is 52.8 Å². The third-order valence-corrected chi connectivity index (χ3v) is 6.22. The average Bonchev–Trinajstić information content (AvgIpc) is 3.38. The minimum absolute atomic E-state index is 0.0642. The normalized spacial score (nSPS) is 10.1. The number of nitrogens with zero attached hydrogens (tertiary/aromatic N) is 3. The van der Waals surface area contributed by atoms with Crippen molar-refractivity contribution in [3.8, 4) is 5.69 Å². The van der Waals surface area contributed by atoms with Crippen LogP contribution in [0, 0.1) is 25.5 Å². The van der Waals surface area contributed by atoms with E-state index in [0.29, 0.717) is 36.5 Å². The van der Waals surface area contributed by atoms with Gasteiger partial charge in [0, 0.05) is 35.9 Å². The molecule has 4 aromatic rings. The first kappa shape index (κ1) is 37.9. The van der Waals surface area contributed by atoms with E-state index in [1.165, 1.54) is 22.3 Å². The molecule has 0 amide bonds. The highest BCUT2D eigenvalue weighted by Crippen LogP contribution is 2.16. The molecule has 0 aliphatic carbocycles. The second-order valence-electron chi connectivity index (χ2n) is 9.59. The van der Waals surface area contributed by atoms with Gasteiger partial charge < -0.3 is 27.5 Å². The van der Waals surface area contributed by atoms with E-state index in [2.05, 4.69) is 20.3 Å². The zero-order valence-electron chi connectivity index (χ0n) is 27.0. The zero-order valence-corrected chi connectivity index (χ0v) is 27.0. The van der Waals surface area contributed by atoms with Crippen molar-refractivity contribution in [1.29, 1.82) is 0 Å². The summed E-state index contributed by atoms with van der Waals surface area (Å²) < 4.78 is 28.6. The molecule has 242 valence electrons. The molecule has 8 N–H and O–H groups in total. The zero-order chi connectivity index (χ0) is 33.1. The van der Waals surface area contributed by atoms with Crippen molar-refractivity contribution in [3.63, 3.8) is 0 Å². The van der Waals surface area contributed by atoms with E-state index < -0.39 is 5.69 Å². The topological polar surface area (TPSA) is 153 Å². The molecule has 0 aliphatic rings. The first-order chi connectivity index (χ1) is 21.2. The quantitative estimate of drug-likeness (QED) is 0.0871. The molecule has 0 aliphatic heterocycles. The van der Waals surface area contributed by atoms with Crippen LogP contribution in [0.5, 0.6) is 0 Å². The Morgan fingerprint density at radius 1 is 0.977 bits per heavy atom. The lowest BCUT2D eigenvalue weighted by molar-refractivity contribution is 0.582. The van der Waals surface area contributed by atoms with Gasteiger partial charge in [0.2, 0.25) is 0 Å². The molecule has 0 bridgehead atoms. The largest absolute Gasteiger partial charge is 0.370 e. The number of unbranched alkanes of at least 4 members (excludes halogenated alkanes) is 1. The fourth-order valence-electron chi connectivity index (χ4n) is 4.12. The molecule has 0 saturated carbocycles. The summed E-state index contributed by atoms with van der Waals surface area (Å²) in [6.07, 6.45) is 5.52. The van der Waals surface area contributed by atoms with Crippen LogP contribution in [0.2, 0.25) is 0 Å². The van der Waals surface area contributed by atoms with Crippen LogP contribution in [0.25, 0.3) is 16.7 Å². The molecule has 2 aromatic heterocycles. The molecule has 9 nitrogen and oxygen atoms in total. The third kappa shape index (κ3) is 12.6. The van der Waals surface area contributed by atoms with Gasteiger partial charge in [0.05, 0.1) is 5.69 Å². The van der Waals surface area contributed by atoms with Crippen molar-refractivity contribution in [2.24, 2.45) is 22.2 Å². The van der Waals surface area contributed by atoms with Gasteiger partial charge in [-0.3, -0.25) is 9.56 Å². The van der Waals surface area contributed by atoms with E-state index in [-0.39, 0.29) is 17.6 Å². The molecule has 0 radical (unpaired) electrons. The molecular weight excluding hydrogens is 562 g/mol. The lowest BCUT2D eigenvalue weighted by Crippen LogP contribution is -2.23. The smallest absolute Gasteiger partial charge is 0.354 e. The molecule has 11 heteroatoms. The molecule has 0 unspecified atom stereocenters.